The van der Waals surface area contributed by atoms with Gasteiger partial charge in [0, 0.05) is 26.1 Å². The van der Waals surface area contributed by atoms with Crippen LogP contribution in [0.5, 0.6) is 0 Å². The topological polar surface area (TPSA) is 29.5 Å². The fraction of sp³-hybridized carbons (Fsp3) is 0.533. The predicted octanol–water partition coefficient (Wildman–Crippen LogP) is 2.60. The van der Waals surface area contributed by atoms with Crippen LogP contribution in [0, 0.1) is 0 Å². The molecule has 3 nitrogen and oxygen atoms in total. The van der Waals surface area contributed by atoms with Gasteiger partial charge in [-0.2, -0.15) is 0 Å². The molecule has 0 aromatic heterocycles. The smallest absolute Gasteiger partial charge is 0.305 e. The van der Waals surface area contributed by atoms with Crippen LogP contribution >= 0.6 is 0 Å². The number of esters is 1. The third-order valence-electron chi connectivity index (χ3n) is 3.37. The lowest BCUT2D eigenvalue weighted by atomic mass is 10.1. The van der Waals surface area contributed by atoms with E-state index >= 15 is 0 Å². The van der Waals surface area contributed by atoms with Crippen LogP contribution < -0.4 is 0 Å². The Morgan fingerprint density at radius 1 is 1.28 bits per heavy atom. The molecule has 0 N–H and O–H groups in total. The van der Waals surface area contributed by atoms with Crippen LogP contribution in [0.3, 0.4) is 0 Å². The van der Waals surface area contributed by atoms with Crippen molar-refractivity contribution in [1.29, 1.82) is 0 Å². The lowest BCUT2D eigenvalue weighted by Crippen LogP contribution is -2.37. The highest BCUT2D eigenvalue weighted by Gasteiger charge is 2.21. The summed E-state index contributed by atoms with van der Waals surface area (Å²) in [5, 5.41) is 0. The standard InChI is InChI=1S/C15H21NO2/c1-2-15(17)18-14-8-10-16(11-9-14)12-13-6-4-3-5-7-13/h3-7,14H,2,8-12H2,1H3. The van der Waals surface area contributed by atoms with Crippen molar-refractivity contribution in [2.24, 2.45) is 0 Å². The maximum atomic E-state index is 11.2. The molecule has 18 heavy (non-hydrogen) atoms. The Balaban J connectivity index is 1.75. The number of ether oxygens (including phenoxy) is 1. The number of carbonyl (C=O) groups excluding carboxylic acids is 1. The number of benzene rings is 1. The Bertz CT molecular complexity index is 369. The Kier molecular flexibility index (Phi) is 4.76. The van der Waals surface area contributed by atoms with Gasteiger partial charge in [-0.1, -0.05) is 37.3 Å². The highest BCUT2D eigenvalue weighted by molar-refractivity contribution is 5.69. The summed E-state index contributed by atoms with van der Waals surface area (Å²) in [7, 11) is 0. The number of nitrogens with zero attached hydrogens (tertiary/aromatic N) is 1. The molecule has 1 aliphatic heterocycles. The summed E-state index contributed by atoms with van der Waals surface area (Å²) in [5.41, 5.74) is 1.35. The molecule has 1 fully saturated rings. The monoisotopic (exact) mass is 247 g/mol. The molecular formula is C15H21NO2. The Hall–Kier alpha value is -1.35. The van der Waals surface area contributed by atoms with E-state index in [1.165, 1.54) is 5.56 Å². The maximum absolute atomic E-state index is 11.2. The van der Waals surface area contributed by atoms with Crippen molar-refractivity contribution in [2.75, 3.05) is 13.1 Å². The molecule has 0 amide bonds. The lowest BCUT2D eigenvalue weighted by molar-refractivity contribution is -0.150. The molecule has 1 aliphatic rings. The Labute approximate surface area is 109 Å². The predicted molar refractivity (Wildman–Crippen MR) is 71.1 cm³/mol. The minimum atomic E-state index is -0.0727. The Morgan fingerprint density at radius 2 is 1.94 bits per heavy atom. The average Bonchev–Trinajstić information content (AvgIpc) is 2.42. The van der Waals surface area contributed by atoms with Gasteiger partial charge in [-0.15, -0.1) is 0 Å². The zero-order valence-corrected chi connectivity index (χ0v) is 11.0. The molecular weight excluding hydrogens is 226 g/mol. The first-order valence-electron chi connectivity index (χ1n) is 6.73. The van der Waals surface area contributed by atoms with Crippen molar-refractivity contribution >= 4 is 5.97 Å². The summed E-state index contributed by atoms with van der Waals surface area (Å²) in [4.78, 5) is 13.6. The van der Waals surface area contributed by atoms with Crippen LogP contribution in [0.1, 0.15) is 31.7 Å². The van der Waals surface area contributed by atoms with E-state index in [-0.39, 0.29) is 12.1 Å². The van der Waals surface area contributed by atoms with E-state index in [0.29, 0.717) is 6.42 Å². The molecule has 3 heteroatoms. The second-order valence-corrected chi connectivity index (χ2v) is 4.80. The third-order valence-corrected chi connectivity index (χ3v) is 3.37. The average molecular weight is 247 g/mol. The molecule has 1 aromatic rings. The van der Waals surface area contributed by atoms with Gasteiger partial charge in [0.15, 0.2) is 0 Å². The van der Waals surface area contributed by atoms with Crippen LogP contribution in [-0.4, -0.2) is 30.1 Å². The van der Waals surface area contributed by atoms with E-state index in [2.05, 4.69) is 29.2 Å². The van der Waals surface area contributed by atoms with Gasteiger partial charge < -0.3 is 4.74 Å². The van der Waals surface area contributed by atoms with E-state index in [1.807, 2.05) is 13.0 Å². The summed E-state index contributed by atoms with van der Waals surface area (Å²) in [6.45, 7) is 4.86. The maximum Gasteiger partial charge on any atom is 0.305 e. The van der Waals surface area contributed by atoms with Crippen LogP contribution in [0.15, 0.2) is 30.3 Å². The number of carbonyl (C=O) groups is 1. The van der Waals surface area contributed by atoms with Gasteiger partial charge in [0.2, 0.25) is 0 Å². The number of rotatable bonds is 4. The van der Waals surface area contributed by atoms with E-state index in [0.717, 1.165) is 32.5 Å². The minimum absolute atomic E-state index is 0.0727. The molecule has 0 radical (unpaired) electrons. The van der Waals surface area contributed by atoms with Gasteiger partial charge in [-0.05, 0) is 18.4 Å². The SMILES string of the molecule is CCC(=O)OC1CCN(Cc2ccccc2)CC1. The van der Waals surface area contributed by atoms with Crippen molar-refractivity contribution in [2.45, 2.75) is 38.8 Å². The number of likely N-dealkylation sites (tertiary alicyclic amines) is 1. The van der Waals surface area contributed by atoms with Crippen LogP contribution in [0.4, 0.5) is 0 Å². The molecule has 0 atom stereocenters. The number of hydrogen-bond donors (Lipinski definition) is 0. The van der Waals surface area contributed by atoms with Crippen molar-refractivity contribution < 1.29 is 9.53 Å². The molecule has 0 unspecified atom stereocenters. The molecule has 1 saturated heterocycles. The molecule has 0 saturated carbocycles. The first kappa shape index (κ1) is 13.1. The molecule has 0 bridgehead atoms. The fourth-order valence-corrected chi connectivity index (χ4v) is 2.30. The van der Waals surface area contributed by atoms with Gasteiger partial charge in [-0.25, -0.2) is 0 Å². The highest BCUT2D eigenvalue weighted by atomic mass is 16.5. The van der Waals surface area contributed by atoms with Crippen molar-refractivity contribution in [1.82, 2.24) is 4.90 Å². The van der Waals surface area contributed by atoms with E-state index in [4.69, 9.17) is 4.74 Å². The molecule has 0 spiro atoms. The van der Waals surface area contributed by atoms with E-state index in [1.54, 1.807) is 0 Å². The normalized spacial score (nSPS) is 17.6. The first-order valence-corrected chi connectivity index (χ1v) is 6.73. The molecule has 1 heterocycles. The number of hydrogen-bond acceptors (Lipinski definition) is 3. The zero-order chi connectivity index (χ0) is 12.8. The van der Waals surface area contributed by atoms with Crippen LogP contribution in [-0.2, 0) is 16.1 Å². The summed E-state index contributed by atoms with van der Waals surface area (Å²) in [6, 6.07) is 10.5. The van der Waals surface area contributed by atoms with E-state index < -0.39 is 0 Å². The van der Waals surface area contributed by atoms with E-state index in [9.17, 15) is 4.79 Å². The molecule has 98 valence electrons. The van der Waals surface area contributed by atoms with Crippen LogP contribution in [0.2, 0.25) is 0 Å². The quantitative estimate of drug-likeness (QED) is 0.766. The van der Waals surface area contributed by atoms with Gasteiger partial charge in [-0.3, -0.25) is 9.69 Å². The van der Waals surface area contributed by atoms with Crippen LogP contribution in [0.25, 0.3) is 0 Å². The van der Waals surface area contributed by atoms with Gasteiger partial charge >= 0.3 is 5.97 Å². The van der Waals surface area contributed by atoms with Gasteiger partial charge in [0.1, 0.15) is 6.10 Å². The molecule has 1 aromatic carbocycles. The second-order valence-electron chi connectivity index (χ2n) is 4.80. The van der Waals surface area contributed by atoms with Crippen molar-refractivity contribution in [3.63, 3.8) is 0 Å². The lowest BCUT2D eigenvalue weighted by Gasteiger charge is -2.31. The molecule has 0 aliphatic carbocycles. The number of piperidine rings is 1. The van der Waals surface area contributed by atoms with Crippen molar-refractivity contribution in [3.05, 3.63) is 35.9 Å². The zero-order valence-electron chi connectivity index (χ0n) is 11.0. The Morgan fingerprint density at radius 3 is 2.56 bits per heavy atom. The fourth-order valence-electron chi connectivity index (χ4n) is 2.30. The summed E-state index contributed by atoms with van der Waals surface area (Å²) in [5.74, 6) is -0.0727. The van der Waals surface area contributed by atoms with Crippen molar-refractivity contribution in [3.8, 4) is 0 Å². The summed E-state index contributed by atoms with van der Waals surface area (Å²) >= 11 is 0. The first-order chi connectivity index (χ1) is 8.78. The largest absolute Gasteiger partial charge is 0.462 e. The summed E-state index contributed by atoms with van der Waals surface area (Å²) < 4.78 is 5.37. The summed E-state index contributed by atoms with van der Waals surface area (Å²) in [6.07, 6.45) is 2.52. The second kappa shape index (κ2) is 6.55. The highest BCUT2D eigenvalue weighted by Crippen LogP contribution is 2.16. The van der Waals surface area contributed by atoms with Gasteiger partial charge in [0.25, 0.3) is 0 Å². The molecule has 2 rings (SSSR count). The third kappa shape index (κ3) is 3.84. The minimum Gasteiger partial charge on any atom is -0.462 e. The van der Waals surface area contributed by atoms with Gasteiger partial charge in [0.05, 0.1) is 0 Å².